The van der Waals surface area contributed by atoms with Gasteiger partial charge in [0.15, 0.2) is 0 Å². The van der Waals surface area contributed by atoms with Gasteiger partial charge in [-0.2, -0.15) is 0 Å². The number of cyclic esters (lactones) is 1. The van der Waals surface area contributed by atoms with E-state index in [-0.39, 0.29) is 30.9 Å². The Bertz CT molecular complexity index is 1280. The van der Waals surface area contributed by atoms with Gasteiger partial charge in [-0.15, -0.1) is 0 Å². The highest BCUT2D eigenvalue weighted by atomic mass is 16.6. The predicted molar refractivity (Wildman–Crippen MR) is 158 cm³/mol. The SMILES string of the molecule is CCCC(C)N1CC=C[C@]23O[C@@H]4/C=C\CCC(=O)N[C@H](C)[C@@H](c5ccccc5)OC(=O)[C@@H]4[C@H]2C(=O)N([C@H](C)CO)[C@@H]3C1=O. The molecule has 232 valence electrons. The molecule has 0 radical (unpaired) electrons. The molecule has 4 aliphatic heterocycles. The van der Waals surface area contributed by atoms with E-state index in [0.717, 1.165) is 12.8 Å². The molecule has 1 aromatic rings. The van der Waals surface area contributed by atoms with E-state index < -0.39 is 59.6 Å². The third kappa shape index (κ3) is 5.51. The zero-order valence-electron chi connectivity index (χ0n) is 25.3. The van der Waals surface area contributed by atoms with Crippen LogP contribution in [0, 0.1) is 11.8 Å². The van der Waals surface area contributed by atoms with Crippen molar-refractivity contribution in [2.45, 2.75) is 95.4 Å². The molecule has 10 nitrogen and oxygen atoms in total. The molecule has 2 N–H and O–H groups in total. The third-order valence-electron chi connectivity index (χ3n) is 9.29. The second-order valence-electron chi connectivity index (χ2n) is 12.2. The van der Waals surface area contributed by atoms with E-state index in [4.69, 9.17) is 9.47 Å². The summed E-state index contributed by atoms with van der Waals surface area (Å²) in [6.07, 6.45) is 7.81. The standard InChI is InChI=1S/C33H43N3O7/c1-5-12-20(2)35-18-11-17-33-27(30(39)36(21(3)19-37)29(33)31(35)40)26-24(43-33)15-9-10-16-25(38)34-22(4)28(42-32(26)41)23-13-7-6-8-14-23/h6-9,11,13-15,17,20-22,24,26-29,37H,5,10,12,16,18-19H2,1-4H3,(H,34,38)/b15-9-/t20?,21-,22-,24-,26+,27+,28+,29-,33+/m1/s1. The van der Waals surface area contributed by atoms with Crippen molar-refractivity contribution in [3.05, 3.63) is 60.2 Å². The first-order chi connectivity index (χ1) is 20.6. The van der Waals surface area contributed by atoms with Gasteiger partial charge < -0.3 is 29.7 Å². The Kier molecular flexibility index (Phi) is 9.08. The lowest BCUT2D eigenvalue weighted by molar-refractivity contribution is -0.162. The first-order valence-corrected chi connectivity index (χ1v) is 15.4. The van der Waals surface area contributed by atoms with Gasteiger partial charge >= 0.3 is 5.97 Å². The summed E-state index contributed by atoms with van der Waals surface area (Å²) in [7, 11) is 0. The number of aliphatic hydroxyl groups is 1. The van der Waals surface area contributed by atoms with E-state index in [0.29, 0.717) is 18.5 Å². The molecule has 1 spiro atoms. The van der Waals surface area contributed by atoms with Gasteiger partial charge in [-0.25, -0.2) is 0 Å². The minimum atomic E-state index is -1.43. The molecule has 43 heavy (non-hydrogen) atoms. The number of fused-ring (bicyclic) bond motifs is 2. The third-order valence-corrected chi connectivity index (χ3v) is 9.29. The Balaban J connectivity index is 1.60. The molecular weight excluding hydrogens is 550 g/mol. The van der Waals surface area contributed by atoms with E-state index in [1.54, 1.807) is 37.0 Å². The van der Waals surface area contributed by atoms with Crippen LogP contribution in [0.1, 0.15) is 65.0 Å². The van der Waals surface area contributed by atoms with Gasteiger partial charge in [-0.05, 0) is 39.2 Å². The van der Waals surface area contributed by atoms with Gasteiger partial charge in [0, 0.05) is 19.0 Å². The topological polar surface area (TPSA) is 125 Å². The zero-order chi connectivity index (χ0) is 30.9. The van der Waals surface area contributed by atoms with E-state index >= 15 is 0 Å². The zero-order valence-corrected chi connectivity index (χ0v) is 25.3. The van der Waals surface area contributed by atoms with Crippen LogP contribution in [0.3, 0.4) is 0 Å². The van der Waals surface area contributed by atoms with Gasteiger partial charge in [-0.3, -0.25) is 19.2 Å². The molecule has 3 amide bonds. The predicted octanol–water partition coefficient (Wildman–Crippen LogP) is 2.67. The Hall–Kier alpha value is -3.50. The first kappa shape index (κ1) is 30.9. The number of ether oxygens (including phenoxy) is 2. The molecular formula is C33H43N3O7. The van der Waals surface area contributed by atoms with Gasteiger partial charge in [0.25, 0.3) is 0 Å². The number of amides is 3. The number of rotatable bonds is 6. The second-order valence-corrected chi connectivity index (χ2v) is 12.2. The van der Waals surface area contributed by atoms with Crippen LogP contribution in [-0.2, 0) is 28.7 Å². The van der Waals surface area contributed by atoms with Crippen LogP contribution in [0.15, 0.2) is 54.6 Å². The number of nitrogens with zero attached hydrogens (tertiary/aromatic N) is 2. The van der Waals surface area contributed by atoms with Crippen molar-refractivity contribution in [1.82, 2.24) is 15.1 Å². The summed E-state index contributed by atoms with van der Waals surface area (Å²) in [5.41, 5.74) is -0.725. The van der Waals surface area contributed by atoms with Crippen LogP contribution in [0.5, 0.6) is 0 Å². The highest BCUT2D eigenvalue weighted by molar-refractivity contribution is 5.99. The molecule has 0 aromatic heterocycles. The van der Waals surface area contributed by atoms with Crippen LogP contribution in [0.4, 0.5) is 0 Å². The molecule has 0 aliphatic carbocycles. The minimum absolute atomic E-state index is 0.0737. The lowest BCUT2D eigenvalue weighted by Crippen LogP contribution is -2.58. The molecule has 1 aromatic carbocycles. The normalized spacial score (nSPS) is 35.0. The molecule has 4 heterocycles. The summed E-state index contributed by atoms with van der Waals surface area (Å²) < 4.78 is 12.9. The summed E-state index contributed by atoms with van der Waals surface area (Å²) >= 11 is 0. The molecule has 4 aliphatic rings. The maximum absolute atomic E-state index is 14.4. The van der Waals surface area contributed by atoms with Crippen LogP contribution in [-0.4, -0.2) is 87.6 Å². The molecule has 9 atom stereocenters. The Labute approximate surface area is 253 Å². The van der Waals surface area contributed by atoms with Crippen molar-refractivity contribution in [2.24, 2.45) is 11.8 Å². The van der Waals surface area contributed by atoms with Crippen LogP contribution < -0.4 is 5.32 Å². The van der Waals surface area contributed by atoms with Crippen LogP contribution in [0.2, 0.25) is 0 Å². The van der Waals surface area contributed by atoms with E-state index in [1.807, 2.05) is 43.3 Å². The summed E-state index contributed by atoms with van der Waals surface area (Å²) in [4.78, 5) is 58.9. The fourth-order valence-corrected chi connectivity index (χ4v) is 7.19. The fourth-order valence-electron chi connectivity index (χ4n) is 7.19. The van der Waals surface area contributed by atoms with E-state index in [9.17, 15) is 24.3 Å². The van der Waals surface area contributed by atoms with Gasteiger partial charge in [0.05, 0.1) is 30.7 Å². The van der Waals surface area contributed by atoms with Crippen molar-refractivity contribution in [3.8, 4) is 0 Å². The highest BCUT2D eigenvalue weighted by Gasteiger charge is 2.72. The Morgan fingerprint density at radius 2 is 1.81 bits per heavy atom. The summed E-state index contributed by atoms with van der Waals surface area (Å²) in [6, 6.07) is 6.84. The monoisotopic (exact) mass is 593 g/mol. The summed E-state index contributed by atoms with van der Waals surface area (Å²) in [5, 5.41) is 13.1. The maximum atomic E-state index is 14.4. The maximum Gasteiger partial charge on any atom is 0.313 e. The number of nitrogens with one attached hydrogen (secondary N) is 1. The molecule has 2 fully saturated rings. The first-order valence-electron chi connectivity index (χ1n) is 15.4. The van der Waals surface area contributed by atoms with E-state index in [1.165, 1.54) is 4.90 Å². The number of likely N-dealkylation sites (tertiary alicyclic amines) is 1. The lowest BCUT2D eigenvalue weighted by atomic mass is 9.77. The number of esters is 1. The number of hydrogen-bond acceptors (Lipinski definition) is 7. The average Bonchev–Trinajstić information content (AvgIpc) is 3.38. The molecule has 0 saturated carbocycles. The van der Waals surface area contributed by atoms with Gasteiger partial charge in [0.1, 0.15) is 23.7 Å². The number of aliphatic hydroxyl groups excluding tert-OH is 1. The smallest absolute Gasteiger partial charge is 0.313 e. The van der Waals surface area contributed by atoms with Crippen molar-refractivity contribution >= 4 is 23.7 Å². The van der Waals surface area contributed by atoms with E-state index in [2.05, 4.69) is 12.2 Å². The van der Waals surface area contributed by atoms with Crippen molar-refractivity contribution < 1.29 is 33.8 Å². The number of benzene rings is 1. The molecule has 0 bridgehead atoms. The van der Waals surface area contributed by atoms with Gasteiger partial charge in [-0.1, -0.05) is 68.0 Å². The Morgan fingerprint density at radius 1 is 1.07 bits per heavy atom. The summed E-state index contributed by atoms with van der Waals surface area (Å²) in [6.45, 7) is 7.53. The van der Waals surface area contributed by atoms with Crippen molar-refractivity contribution in [1.29, 1.82) is 0 Å². The average molecular weight is 594 g/mol. The van der Waals surface area contributed by atoms with Crippen LogP contribution >= 0.6 is 0 Å². The summed E-state index contributed by atoms with van der Waals surface area (Å²) in [5.74, 6) is -3.58. The Morgan fingerprint density at radius 3 is 2.51 bits per heavy atom. The largest absolute Gasteiger partial charge is 0.455 e. The lowest BCUT2D eigenvalue weighted by Gasteiger charge is -2.39. The molecule has 1 unspecified atom stereocenters. The second kappa shape index (κ2) is 12.6. The van der Waals surface area contributed by atoms with Crippen molar-refractivity contribution in [3.63, 3.8) is 0 Å². The molecule has 10 heteroatoms. The number of allylic oxidation sites excluding steroid dienone is 1. The van der Waals surface area contributed by atoms with Gasteiger partial charge in [0.2, 0.25) is 17.7 Å². The number of carbonyl (C=O) groups excluding carboxylic acids is 4. The molecule has 5 rings (SSSR count). The quantitative estimate of drug-likeness (QED) is 0.384. The highest BCUT2D eigenvalue weighted by Crippen LogP contribution is 2.54. The minimum Gasteiger partial charge on any atom is -0.455 e. The fraction of sp³-hybridized carbons (Fsp3) is 0.576. The van der Waals surface area contributed by atoms with Crippen molar-refractivity contribution in [2.75, 3.05) is 13.2 Å². The van der Waals surface area contributed by atoms with Crippen LogP contribution in [0.25, 0.3) is 0 Å². The molecule has 2 saturated heterocycles. The number of hydrogen-bond donors (Lipinski definition) is 2. The number of carbonyl (C=O) groups is 4.